The van der Waals surface area contributed by atoms with Gasteiger partial charge in [-0.05, 0) is 30.3 Å². The van der Waals surface area contributed by atoms with Crippen LogP contribution in [0.4, 0.5) is 0 Å². The molecule has 1 saturated heterocycles. The number of nitrogens with zero attached hydrogens (tertiary/aromatic N) is 2. The van der Waals surface area contributed by atoms with Gasteiger partial charge in [-0.2, -0.15) is 5.10 Å². The first-order valence-electron chi connectivity index (χ1n) is 10.2. The Morgan fingerprint density at radius 2 is 1.84 bits per heavy atom. The Morgan fingerprint density at radius 1 is 1.03 bits per heavy atom. The molecule has 6 rings (SSSR count). The maximum absolute atomic E-state index is 13.0. The Hall–Kier alpha value is -3.81. The molecular formula is C23H19N3O5. The van der Waals surface area contributed by atoms with Crippen LogP contribution in [0, 0.1) is 0 Å². The fourth-order valence-electron chi connectivity index (χ4n) is 4.59. The van der Waals surface area contributed by atoms with E-state index in [1.165, 1.54) is 0 Å². The summed E-state index contributed by atoms with van der Waals surface area (Å²) < 4.78 is 16.5. The average Bonchev–Trinajstić information content (AvgIpc) is 3.53. The number of hydrogen-bond acceptors (Lipinski definition) is 6. The lowest BCUT2D eigenvalue weighted by Gasteiger charge is -2.38. The van der Waals surface area contributed by atoms with Gasteiger partial charge in [0, 0.05) is 37.1 Å². The van der Waals surface area contributed by atoms with Gasteiger partial charge < -0.3 is 19.1 Å². The Labute approximate surface area is 177 Å². The molecule has 0 aliphatic carbocycles. The predicted octanol–water partition coefficient (Wildman–Crippen LogP) is 3.11. The number of likely N-dealkylation sites (tertiary alicyclic amines) is 1. The van der Waals surface area contributed by atoms with E-state index in [0.717, 1.165) is 11.1 Å². The van der Waals surface area contributed by atoms with Gasteiger partial charge in [0.2, 0.25) is 6.79 Å². The molecule has 156 valence electrons. The molecule has 8 nitrogen and oxygen atoms in total. The molecule has 3 aliphatic rings. The van der Waals surface area contributed by atoms with Crippen LogP contribution in [-0.2, 0) is 10.3 Å². The number of aromatic nitrogens is 2. The van der Waals surface area contributed by atoms with Crippen LogP contribution in [0.3, 0.4) is 0 Å². The predicted molar refractivity (Wildman–Crippen MR) is 109 cm³/mol. The maximum atomic E-state index is 13.0. The molecule has 0 unspecified atom stereocenters. The van der Waals surface area contributed by atoms with Gasteiger partial charge in [0.1, 0.15) is 11.3 Å². The molecule has 2 aromatic carbocycles. The lowest BCUT2D eigenvalue weighted by molar-refractivity contribution is -0.0390. The van der Waals surface area contributed by atoms with Gasteiger partial charge in [0.15, 0.2) is 11.5 Å². The standard InChI is InChI=1S/C23H19N3O5/c27-21(18-12-17(24-25-18)14-5-6-19-20(11-14)30-13-29-19)26-9-7-23(8-10-26)16-4-2-1-3-15(16)22(28)31-23/h1-6,11-12H,7-10,13H2,(H,24,25). The molecule has 0 saturated carbocycles. The SMILES string of the molecule is O=C1OC2(CCN(C(=O)c3cc(-c4ccc5c(c4)OCO5)n[nH]3)CC2)c2ccccc21. The van der Waals surface area contributed by atoms with Crippen LogP contribution < -0.4 is 9.47 Å². The first kappa shape index (κ1) is 18.0. The number of carbonyl (C=O) groups excluding carboxylic acids is 2. The van der Waals surface area contributed by atoms with Gasteiger partial charge in [0.05, 0.1) is 11.3 Å². The summed E-state index contributed by atoms with van der Waals surface area (Å²) in [4.78, 5) is 27.1. The third-order valence-corrected chi connectivity index (χ3v) is 6.26. The molecule has 0 atom stereocenters. The zero-order chi connectivity index (χ0) is 21.0. The number of ether oxygens (including phenoxy) is 3. The highest BCUT2D eigenvalue weighted by Gasteiger charge is 2.47. The Balaban J connectivity index is 1.18. The number of hydrogen-bond donors (Lipinski definition) is 1. The van der Waals surface area contributed by atoms with Crippen molar-refractivity contribution in [3.8, 4) is 22.8 Å². The minimum absolute atomic E-state index is 0.119. The Bertz CT molecular complexity index is 1210. The number of fused-ring (bicyclic) bond motifs is 3. The first-order chi connectivity index (χ1) is 15.1. The van der Waals surface area contributed by atoms with E-state index in [4.69, 9.17) is 14.2 Å². The number of piperidine rings is 1. The van der Waals surface area contributed by atoms with Crippen molar-refractivity contribution in [3.05, 3.63) is 65.4 Å². The fraction of sp³-hybridized carbons (Fsp3) is 0.261. The number of nitrogens with one attached hydrogen (secondary N) is 1. The van der Waals surface area contributed by atoms with Crippen molar-refractivity contribution in [3.63, 3.8) is 0 Å². The van der Waals surface area contributed by atoms with Crippen LogP contribution in [0.2, 0.25) is 0 Å². The van der Waals surface area contributed by atoms with Gasteiger partial charge in [-0.15, -0.1) is 0 Å². The maximum Gasteiger partial charge on any atom is 0.339 e. The molecule has 1 N–H and O–H groups in total. The molecule has 3 aliphatic heterocycles. The van der Waals surface area contributed by atoms with E-state index in [1.807, 2.05) is 36.4 Å². The molecule has 0 radical (unpaired) electrons. The highest BCUT2D eigenvalue weighted by Crippen LogP contribution is 2.44. The number of H-pyrrole nitrogens is 1. The Morgan fingerprint density at radius 3 is 2.71 bits per heavy atom. The summed E-state index contributed by atoms with van der Waals surface area (Å²) in [6.07, 6.45) is 1.15. The third kappa shape index (κ3) is 2.78. The largest absolute Gasteiger partial charge is 0.454 e. The number of benzene rings is 2. The molecule has 8 heteroatoms. The average molecular weight is 417 g/mol. The van der Waals surface area contributed by atoms with Crippen LogP contribution in [0.1, 0.15) is 39.3 Å². The zero-order valence-corrected chi connectivity index (χ0v) is 16.6. The summed E-state index contributed by atoms with van der Waals surface area (Å²) in [6, 6.07) is 14.8. The molecule has 1 spiro atoms. The molecular weight excluding hydrogens is 398 g/mol. The molecule has 31 heavy (non-hydrogen) atoms. The van der Waals surface area contributed by atoms with Crippen LogP contribution >= 0.6 is 0 Å². The van der Waals surface area contributed by atoms with Crippen LogP contribution in [0.5, 0.6) is 11.5 Å². The smallest absolute Gasteiger partial charge is 0.339 e. The van der Waals surface area contributed by atoms with Crippen LogP contribution in [0.15, 0.2) is 48.5 Å². The van der Waals surface area contributed by atoms with E-state index in [0.29, 0.717) is 54.4 Å². The van der Waals surface area contributed by atoms with Crippen molar-refractivity contribution in [2.45, 2.75) is 18.4 Å². The van der Waals surface area contributed by atoms with E-state index in [2.05, 4.69) is 10.2 Å². The Kier molecular flexibility index (Phi) is 3.83. The molecule has 0 bridgehead atoms. The highest BCUT2D eigenvalue weighted by molar-refractivity contribution is 5.95. The lowest BCUT2D eigenvalue weighted by Crippen LogP contribution is -2.45. The second kappa shape index (κ2) is 6.60. The number of esters is 1. The highest BCUT2D eigenvalue weighted by atomic mass is 16.7. The van der Waals surface area contributed by atoms with Crippen LogP contribution in [0.25, 0.3) is 11.3 Å². The number of carbonyl (C=O) groups is 2. The van der Waals surface area contributed by atoms with Crippen molar-refractivity contribution in [2.24, 2.45) is 0 Å². The minimum atomic E-state index is -0.629. The number of aromatic amines is 1. The van der Waals surface area contributed by atoms with E-state index in [9.17, 15) is 9.59 Å². The number of amides is 1. The van der Waals surface area contributed by atoms with Gasteiger partial charge >= 0.3 is 5.97 Å². The summed E-state index contributed by atoms with van der Waals surface area (Å²) in [6.45, 7) is 1.21. The van der Waals surface area contributed by atoms with E-state index < -0.39 is 5.60 Å². The van der Waals surface area contributed by atoms with Crippen molar-refractivity contribution < 1.29 is 23.8 Å². The van der Waals surface area contributed by atoms with Crippen molar-refractivity contribution in [1.29, 1.82) is 0 Å². The second-order valence-electron chi connectivity index (χ2n) is 7.96. The third-order valence-electron chi connectivity index (χ3n) is 6.26. The van der Waals surface area contributed by atoms with E-state index in [-0.39, 0.29) is 18.7 Å². The minimum Gasteiger partial charge on any atom is -0.454 e. The summed E-state index contributed by atoms with van der Waals surface area (Å²) in [5.41, 5.74) is 2.85. The summed E-state index contributed by atoms with van der Waals surface area (Å²) in [5.74, 6) is 0.970. The summed E-state index contributed by atoms with van der Waals surface area (Å²) in [7, 11) is 0. The van der Waals surface area contributed by atoms with E-state index >= 15 is 0 Å². The normalized spacial score (nSPS) is 18.2. The zero-order valence-electron chi connectivity index (χ0n) is 16.6. The topological polar surface area (TPSA) is 93.8 Å². The van der Waals surface area contributed by atoms with Gasteiger partial charge in [-0.1, -0.05) is 18.2 Å². The van der Waals surface area contributed by atoms with Crippen LogP contribution in [-0.4, -0.2) is 46.9 Å². The number of rotatable bonds is 2. The molecule has 1 aromatic heterocycles. The van der Waals surface area contributed by atoms with Crippen molar-refractivity contribution in [1.82, 2.24) is 15.1 Å². The fourth-order valence-corrected chi connectivity index (χ4v) is 4.59. The summed E-state index contributed by atoms with van der Waals surface area (Å²) in [5, 5.41) is 7.15. The molecule has 1 fully saturated rings. The molecule has 4 heterocycles. The monoisotopic (exact) mass is 417 g/mol. The van der Waals surface area contributed by atoms with E-state index in [1.54, 1.807) is 17.0 Å². The second-order valence-corrected chi connectivity index (χ2v) is 7.96. The quantitative estimate of drug-likeness (QED) is 0.644. The lowest BCUT2D eigenvalue weighted by atomic mass is 9.83. The van der Waals surface area contributed by atoms with Gasteiger partial charge in [-0.3, -0.25) is 9.89 Å². The molecule has 3 aromatic rings. The first-order valence-corrected chi connectivity index (χ1v) is 10.2. The van der Waals surface area contributed by atoms with Gasteiger partial charge in [-0.25, -0.2) is 4.79 Å². The van der Waals surface area contributed by atoms with Crippen molar-refractivity contribution in [2.75, 3.05) is 19.9 Å². The van der Waals surface area contributed by atoms with Crippen molar-refractivity contribution >= 4 is 11.9 Å². The molecule has 1 amide bonds. The summed E-state index contributed by atoms with van der Waals surface area (Å²) >= 11 is 0. The van der Waals surface area contributed by atoms with Gasteiger partial charge in [0.25, 0.3) is 5.91 Å².